The number of anilines is 1. The third-order valence-electron chi connectivity index (χ3n) is 5.24. The average molecular weight is 442 g/mol. The topological polar surface area (TPSA) is 54.9 Å². The summed E-state index contributed by atoms with van der Waals surface area (Å²) in [7, 11) is 2.15. The molecule has 1 aliphatic heterocycles. The molecular weight excluding hydrogens is 402 g/mol. The van der Waals surface area contributed by atoms with Gasteiger partial charge in [0.1, 0.15) is 17.1 Å². The Bertz CT molecular complexity index is 841. The number of hydrogen-bond acceptors (Lipinski definition) is 6. The van der Waals surface area contributed by atoms with E-state index in [1.54, 1.807) is 18.3 Å². The lowest BCUT2D eigenvalue weighted by atomic mass is 10.1. The molecule has 0 radical (unpaired) electrons. The molecule has 2 heterocycles. The van der Waals surface area contributed by atoms with E-state index in [0.29, 0.717) is 17.4 Å². The second kappa shape index (κ2) is 13.1. The van der Waals surface area contributed by atoms with Gasteiger partial charge in [-0.25, -0.2) is 9.78 Å². The summed E-state index contributed by atoms with van der Waals surface area (Å²) in [5, 5.41) is 0. The van der Waals surface area contributed by atoms with Gasteiger partial charge in [-0.2, -0.15) is 0 Å². The number of rotatable bonds is 9. The molecule has 0 spiro atoms. The zero-order valence-electron chi connectivity index (χ0n) is 20.5. The quantitative estimate of drug-likeness (QED) is 0.500. The Morgan fingerprint density at radius 2 is 2.03 bits per heavy atom. The van der Waals surface area contributed by atoms with Crippen LogP contribution in [0.1, 0.15) is 63.4 Å². The molecule has 1 fully saturated rings. The first-order valence-corrected chi connectivity index (χ1v) is 11.8. The number of likely N-dealkylation sites (N-methyl/N-ethyl adjacent to an activating group) is 1. The fraction of sp³-hybridized carbons (Fsp3) is 0.538. The second-order valence-corrected chi connectivity index (χ2v) is 8.13. The van der Waals surface area contributed by atoms with E-state index in [4.69, 9.17) is 9.47 Å². The normalized spacial score (nSPS) is 15.5. The van der Waals surface area contributed by atoms with Crippen molar-refractivity contribution < 1.29 is 14.3 Å². The number of nitrogens with zero attached hydrogens (tertiary/aromatic N) is 3. The molecule has 176 valence electrons. The van der Waals surface area contributed by atoms with Crippen LogP contribution >= 0.6 is 0 Å². The van der Waals surface area contributed by atoms with Crippen molar-refractivity contribution in [2.75, 3.05) is 31.6 Å². The number of esters is 1. The highest BCUT2D eigenvalue weighted by Crippen LogP contribution is 2.26. The second-order valence-electron chi connectivity index (χ2n) is 8.13. The predicted molar refractivity (Wildman–Crippen MR) is 130 cm³/mol. The van der Waals surface area contributed by atoms with Crippen LogP contribution in [0.5, 0.6) is 5.75 Å². The van der Waals surface area contributed by atoms with Gasteiger partial charge in [0.15, 0.2) is 0 Å². The fourth-order valence-electron chi connectivity index (χ4n) is 3.75. The largest absolute Gasteiger partial charge is 0.494 e. The highest BCUT2D eigenvalue weighted by molar-refractivity contribution is 5.94. The molecule has 3 rings (SSSR count). The van der Waals surface area contributed by atoms with Crippen LogP contribution in [0.3, 0.4) is 0 Å². The lowest BCUT2D eigenvalue weighted by molar-refractivity contribution is 0.0378. The molecule has 0 bridgehead atoms. The van der Waals surface area contributed by atoms with Gasteiger partial charge in [-0.1, -0.05) is 32.9 Å². The van der Waals surface area contributed by atoms with Gasteiger partial charge in [-0.15, -0.1) is 0 Å². The molecular formula is C26H39N3O3. The highest BCUT2D eigenvalue weighted by atomic mass is 16.5. The fourth-order valence-corrected chi connectivity index (χ4v) is 3.75. The summed E-state index contributed by atoms with van der Waals surface area (Å²) < 4.78 is 11.2. The number of ether oxygens (including phenoxy) is 2. The van der Waals surface area contributed by atoms with Crippen molar-refractivity contribution in [2.45, 2.75) is 66.2 Å². The third-order valence-corrected chi connectivity index (χ3v) is 5.24. The average Bonchev–Trinajstić information content (AvgIpc) is 3.29. The standard InChI is InChI=1S/C24H33N3O3.C2H6/c1-5-14-29-21-9-6-8-19(15-21)16-26(4)20-11-13-27(17-20)23-22(10-7-12-25-23)24(28)30-18(2)3;1-2/h6-10,12,15,18,20H,5,11,13-14,16-17H2,1-4H3;1-2H3. The molecule has 1 aliphatic rings. The first kappa shape index (κ1) is 25.7. The van der Waals surface area contributed by atoms with Crippen molar-refractivity contribution in [3.05, 3.63) is 53.7 Å². The third kappa shape index (κ3) is 7.23. The maximum Gasteiger partial charge on any atom is 0.342 e. The van der Waals surface area contributed by atoms with Crippen LogP contribution in [0.25, 0.3) is 0 Å². The number of carbonyl (C=O) groups is 1. The van der Waals surface area contributed by atoms with Crippen LogP contribution < -0.4 is 9.64 Å². The molecule has 2 aromatic rings. The van der Waals surface area contributed by atoms with Crippen molar-refractivity contribution in [1.29, 1.82) is 0 Å². The van der Waals surface area contributed by atoms with Gasteiger partial charge in [-0.05, 0) is 63.6 Å². The minimum absolute atomic E-state index is 0.153. The van der Waals surface area contributed by atoms with Gasteiger partial charge in [-0.3, -0.25) is 4.90 Å². The van der Waals surface area contributed by atoms with Crippen molar-refractivity contribution in [3.63, 3.8) is 0 Å². The van der Waals surface area contributed by atoms with Gasteiger partial charge >= 0.3 is 5.97 Å². The maximum absolute atomic E-state index is 12.5. The van der Waals surface area contributed by atoms with E-state index in [9.17, 15) is 4.79 Å². The van der Waals surface area contributed by atoms with Gasteiger partial charge in [0.25, 0.3) is 0 Å². The van der Waals surface area contributed by atoms with E-state index in [1.165, 1.54) is 5.56 Å². The zero-order valence-corrected chi connectivity index (χ0v) is 20.5. The molecule has 0 N–H and O–H groups in total. The minimum atomic E-state index is -0.311. The van der Waals surface area contributed by atoms with Crippen LogP contribution in [-0.2, 0) is 11.3 Å². The van der Waals surface area contributed by atoms with Crippen molar-refractivity contribution in [3.8, 4) is 5.75 Å². The summed E-state index contributed by atoms with van der Waals surface area (Å²) in [5.74, 6) is 1.33. The van der Waals surface area contributed by atoms with E-state index < -0.39 is 0 Å². The Hall–Kier alpha value is -2.60. The summed E-state index contributed by atoms with van der Waals surface area (Å²) in [6.45, 7) is 13.1. The Morgan fingerprint density at radius 3 is 2.75 bits per heavy atom. The molecule has 6 heteroatoms. The van der Waals surface area contributed by atoms with E-state index in [0.717, 1.165) is 44.8 Å². The first-order valence-electron chi connectivity index (χ1n) is 11.8. The van der Waals surface area contributed by atoms with E-state index in [2.05, 4.69) is 47.0 Å². The molecule has 0 aliphatic carbocycles. The van der Waals surface area contributed by atoms with Crippen molar-refractivity contribution in [2.24, 2.45) is 0 Å². The van der Waals surface area contributed by atoms with Crippen LogP contribution in [-0.4, -0.2) is 54.7 Å². The molecule has 1 aromatic heterocycles. The van der Waals surface area contributed by atoms with E-state index in [-0.39, 0.29) is 12.1 Å². The summed E-state index contributed by atoms with van der Waals surface area (Å²) >= 11 is 0. The zero-order chi connectivity index (χ0) is 23.5. The minimum Gasteiger partial charge on any atom is -0.494 e. The molecule has 32 heavy (non-hydrogen) atoms. The van der Waals surface area contributed by atoms with Crippen LogP contribution in [0.15, 0.2) is 42.6 Å². The van der Waals surface area contributed by atoms with E-state index in [1.807, 2.05) is 33.8 Å². The van der Waals surface area contributed by atoms with Gasteiger partial charge in [0, 0.05) is 31.9 Å². The Kier molecular flexibility index (Phi) is 10.5. The first-order chi connectivity index (χ1) is 15.5. The number of benzene rings is 1. The van der Waals surface area contributed by atoms with Crippen molar-refractivity contribution >= 4 is 11.8 Å². The molecule has 1 saturated heterocycles. The number of aromatic nitrogens is 1. The Morgan fingerprint density at radius 1 is 1.25 bits per heavy atom. The molecule has 1 atom stereocenters. The number of carbonyl (C=O) groups excluding carboxylic acids is 1. The molecule has 0 amide bonds. The van der Waals surface area contributed by atoms with Crippen LogP contribution in [0, 0.1) is 0 Å². The van der Waals surface area contributed by atoms with Crippen molar-refractivity contribution in [1.82, 2.24) is 9.88 Å². The summed E-state index contributed by atoms with van der Waals surface area (Å²) in [6, 6.07) is 12.3. The van der Waals surface area contributed by atoms with Crippen LogP contribution in [0.2, 0.25) is 0 Å². The monoisotopic (exact) mass is 441 g/mol. The molecule has 6 nitrogen and oxygen atoms in total. The summed E-state index contributed by atoms with van der Waals surface area (Å²) in [5.41, 5.74) is 1.78. The SMILES string of the molecule is CC.CCCOc1cccc(CN(C)C2CCN(c3ncccc3C(=O)OC(C)C)C2)c1. The molecule has 1 aromatic carbocycles. The lowest BCUT2D eigenvalue weighted by Crippen LogP contribution is -2.34. The summed E-state index contributed by atoms with van der Waals surface area (Å²) in [6.07, 6.45) is 3.61. The van der Waals surface area contributed by atoms with E-state index >= 15 is 0 Å². The molecule has 0 saturated carbocycles. The van der Waals surface area contributed by atoms with Gasteiger partial charge < -0.3 is 14.4 Å². The Balaban J connectivity index is 0.00000176. The molecule has 1 unspecified atom stereocenters. The summed E-state index contributed by atoms with van der Waals surface area (Å²) in [4.78, 5) is 21.5. The number of pyridine rings is 1. The highest BCUT2D eigenvalue weighted by Gasteiger charge is 2.29. The number of hydrogen-bond donors (Lipinski definition) is 0. The maximum atomic E-state index is 12.5. The van der Waals surface area contributed by atoms with Crippen LogP contribution in [0.4, 0.5) is 5.82 Å². The van der Waals surface area contributed by atoms with Gasteiger partial charge in [0.05, 0.1) is 12.7 Å². The predicted octanol–water partition coefficient (Wildman–Crippen LogP) is 5.17. The van der Waals surface area contributed by atoms with Gasteiger partial charge in [0.2, 0.25) is 0 Å². The lowest BCUT2D eigenvalue weighted by Gasteiger charge is -2.26. The Labute approximate surface area is 193 Å². The smallest absolute Gasteiger partial charge is 0.342 e.